The smallest absolute Gasteiger partial charge is 0.390 e. The summed E-state index contributed by atoms with van der Waals surface area (Å²) in [4.78, 5) is 28.7. The Morgan fingerprint density at radius 3 is 2.95 bits per heavy atom. The van der Waals surface area contributed by atoms with Crippen molar-refractivity contribution < 1.29 is 9.72 Å². The second-order valence-corrected chi connectivity index (χ2v) is 4.78. The molecule has 0 saturated carbocycles. The minimum Gasteiger partial charge on any atom is -0.390 e. The van der Waals surface area contributed by atoms with Gasteiger partial charge in [-0.15, -0.1) is 11.3 Å². The Morgan fingerprint density at radius 2 is 2.37 bits per heavy atom. The number of nitrogens with one attached hydrogen (secondary N) is 1. The highest BCUT2D eigenvalue weighted by Crippen LogP contribution is 2.16. The quantitative estimate of drug-likeness (QED) is 0.344. The van der Waals surface area contributed by atoms with E-state index in [0.29, 0.717) is 5.69 Å². The molecule has 2 rings (SSSR count). The molecule has 2 aromatic heterocycles. The van der Waals surface area contributed by atoms with Crippen molar-refractivity contribution in [3.05, 3.63) is 30.9 Å². The van der Waals surface area contributed by atoms with E-state index in [2.05, 4.69) is 31.0 Å². The zero-order chi connectivity index (χ0) is 14.0. The van der Waals surface area contributed by atoms with E-state index in [9.17, 15) is 14.9 Å². The average Bonchev–Trinajstić information content (AvgIpc) is 2.97. The number of amides is 1. The Labute approximate surface area is 117 Å². The lowest BCUT2D eigenvalue weighted by Crippen LogP contribution is -2.29. The second-order valence-electron chi connectivity index (χ2n) is 3.21. The van der Waals surface area contributed by atoms with Crippen molar-refractivity contribution >= 4 is 39.1 Å². The van der Waals surface area contributed by atoms with Crippen LogP contribution in [0.15, 0.2) is 10.1 Å². The first kappa shape index (κ1) is 13.5. The number of nitrogens with zero attached hydrogens (tertiary/aromatic N) is 5. The topological polar surface area (TPSA) is 142 Å². The van der Waals surface area contributed by atoms with E-state index in [1.165, 1.54) is 4.68 Å². The zero-order valence-corrected chi connectivity index (χ0v) is 11.5. The molecule has 3 N–H and O–H groups in total. The summed E-state index contributed by atoms with van der Waals surface area (Å²) in [5, 5.41) is 16.0. The highest BCUT2D eigenvalue weighted by Gasteiger charge is 2.20. The minimum atomic E-state index is -0.699. The fraction of sp³-hybridized carbons (Fsp3) is 0.143. The van der Waals surface area contributed by atoms with Crippen LogP contribution in [0.5, 0.6) is 0 Å². The number of thiazole rings is 1. The van der Waals surface area contributed by atoms with E-state index >= 15 is 0 Å². The molecule has 0 bridgehead atoms. The van der Waals surface area contributed by atoms with Crippen LogP contribution in [0.1, 0.15) is 15.5 Å². The maximum atomic E-state index is 11.2. The summed E-state index contributed by atoms with van der Waals surface area (Å²) in [6.07, 6.45) is 0. The molecule has 0 fully saturated rings. The minimum absolute atomic E-state index is 0.149. The fourth-order valence-corrected chi connectivity index (χ4v) is 2.26. The van der Waals surface area contributed by atoms with Gasteiger partial charge in [0, 0.05) is 26.4 Å². The largest absolute Gasteiger partial charge is 0.492 e. The molecule has 2 heterocycles. The molecule has 100 valence electrons. The van der Waals surface area contributed by atoms with Crippen LogP contribution in [0, 0.1) is 10.1 Å². The van der Waals surface area contributed by atoms with Crippen molar-refractivity contribution in [3.63, 3.8) is 0 Å². The predicted octanol–water partition coefficient (Wildman–Crippen LogP) is 0.0571. The van der Waals surface area contributed by atoms with Gasteiger partial charge in [0.05, 0.1) is 5.69 Å². The molecule has 2 aromatic rings. The van der Waals surface area contributed by atoms with E-state index in [1.807, 2.05) is 5.43 Å². The maximum absolute atomic E-state index is 11.2. The number of carbonyl (C=O) groups is 1. The van der Waals surface area contributed by atoms with Gasteiger partial charge < -0.3 is 10.1 Å². The van der Waals surface area contributed by atoms with Gasteiger partial charge in [-0.2, -0.15) is 4.68 Å². The number of nitrogen functional groups attached to an aromatic ring is 1. The lowest BCUT2D eigenvalue weighted by Gasteiger charge is -1.94. The van der Waals surface area contributed by atoms with Crippen LogP contribution in [0.25, 0.3) is 0 Å². The lowest BCUT2D eigenvalue weighted by atomic mass is 10.5. The zero-order valence-electron chi connectivity index (χ0n) is 9.11. The molecule has 0 spiro atoms. The Bertz CT molecular complexity index is 638. The van der Waals surface area contributed by atoms with Crippen LogP contribution < -0.4 is 11.3 Å². The molecular formula is C7H6BrN7O3S. The number of hydrogen-bond donors (Lipinski definition) is 2. The summed E-state index contributed by atoms with van der Waals surface area (Å²) in [6, 6.07) is 0. The molecule has 0 atom stereocenters. The van der Waals surface area contributed by atoms with Crippen LogP contribution in [-0.4, -0.2) is 30.6 Å². The number of rotatable bonds is 4. The first-order chi connectivity index (χ1) is 9.01. The first-order valence-electron chi connectivity index (χ1n) is 4.71. The van der Waals surface area contributed by atoms with Crippen molar-refractivity contribution in [1.82, 2.24) is 25.2 Å². The van der Waals surface area contributed by atoms with Crippen molar-refractivity contribution in [2.45, 2.75) is 6.54 Å². The third kappa shape index (κ3) is 2.91. The highest BCUT2D eigenvalue weighted by atomic mass is 79.9. The number of nitrogens with two attached hydrogens (primary N) is 1. The summed E-state index contributed by atoms with van der Waals surface area (Å²) in [5.74, 6) is 3.97. The van der Waals surface area contributed by atoms with E-state index in [-0.39, 0.29) is 16.3 Å². The molecule has 0 aliphatic carbocycles. The number of hydrogen-bond acceptors (Lipinski definition) is 8. The molecule has 10 nitrogen and oxygen atoms in total. The van der Waals surface area contributed by atoms with Crippen LogP contribution in [-0.2, 0) is 6.54 Å². The summed E-state index contributed by atoms with van der Waals surface area (Å²) in [6.45, 7) is 0.149. The van der Waals surface area contributed by atoms with Crippen LogP contribution >= 0.6 is 27.3 Å². The molecular weight excluding hydrogens is 342 g/mol. The van der Waals surface area contributed by atoms with E-state index in [0.717, 1.165) is 11.3 Å². The Morgan fingerprint density at radius 1 is 1.63 bits per heavy atom. The van der Waals surface area contributed by atoms with Gasteiger partial charge in [-0.25, -0.2) is 10.8 Å². The van der Waals surface area contributed by atoms with Gasteiger partial charge in [0.15, 0.2) is 5.01 Å². The number of nitro groups is 1. The molecule has 0 aromatic carbocycles. The first-order valence-corrected chi connectivity index (χ1v) is 6.38. The highest BCUT2D eigenvalue weighted by molar-refractivity contribution is 9.10. The number of aromatic nitrogens is 4. The van der Waals surface area contributed by atoms with Gasteiger partial charge in [0.1, 0.15) is 6.54 Å². The van der Waals surface area contributed by atoms with Gasteiger partial charge in [0.25, 0.3) is 10.6 Å². The van der Waals surface area contributed by atoms with E-state index in [4.69, 9.17) is 5.84 Å². The molecule has 19 heavy (non-hydrogen) atoms. The number of halogens is 1. The molecule has 0 aliphatic rings. The summed E-state index contributed by atoms with van der Waals surface area (Å²) in [7, 11) is 0. The van der Waals surface area contributed by atoms with Crippen molar-refractivity contribution in [2.75, 3.05) is 0 Å². The predicted molar refractivity (Wildman–Crippen MR) is 67.2 cm³/mol. The van der Waals surface area contributed by atoms with Gasteiger partial charge in [-0.1, -0.05) is 0 Å². The number of hydrazine groups is 1. The van der Waals surface area contributed by atoms with Crippen molar-refractivity contribution in [2.24, 2.45) is 5.84 Å². The monoisotopic (exact) mass is 347 g/mol. The van der Waals surface area contributed by atoms with Gasteiger partial charge >= 0.3 is 5.95 Å². The Kier molecular flexibility index (Phi) is 3.82. The van der Waals surface area contributed by atoms with Crippen LogP contribution in [0.2, 0.25) is 0 Å². The van der Waals surface area contributed by atoms with Gasteiger partial charge in [-0.3, -0.25) is 10.2 Å². The average molecular weight is 348 g/mol. The molecule has 0 aliphatic heterocycles. The SMILES string of the molecule is NNC(=O)c1nc(Cn2nc([N+](=O)[O-])nc2Br)cs1. The van der Waals surface area contributed by atoms with E-state index in [1.54, 1.807) is 5.38 Å². The van der Waals surface area contributed by atoms with Crippen molar-refractivity contribution in [1.29, 1.82) is 0 Å². The van der Waals surface area contributed by atoms with Gasteiger partial charge in [0.2, 0.25) is 0 Å². The fourth-order valence-electron chi connectivity index (χ4n) is 1.19. The molecule has 12 heteroatoms. The molecule has 0 radical (unpaired) electrons. The van der Waals surface area contributed by atoms with Crippen molar-refractivity contribution in [3.8, 4) is 0 Å². The summed E-state index contributed by atoms with van der Waals surface area (Å²) >= 11 is 4.16. The third-order valence-corrected chi connectivity index (χ3v) is 3.44. The summed E-state index contributed by atoms with van der Waals surface area (Å²) < 4.78 is 1.47. The Balaban J connectivity index is 2.19. The molecule has 0 unspecified atom stereocenters. The van der Waals surface area contributed by atoms with Crippen LogP contribution in [0.4, 0.5) is 5.95 Å². The molecule has 0 saturated heterocycles. The Hall–Kier alpha value is -1.92. The second kappa shape index (κ2) is 5.38. The lowest BCUT2D eigenvalue weighted by molar-refractivity contribution is -0.394. The molecule has 1 amide bonds. The number of carbonyl (C=O) groups excluding carboxylic acids is 1. The summed E-state index contributed by atoms with van der Waals surface area (Å²) in [5.41, 5.74) is 2.48. The van der Waals surface area contributed by atoms with Gasteiger partial charge in [-0.05, 0) is 9.91 Å². The third-order valence-electron chi connectivity index (χ3n) is 1.97. The standard InChI is InChI=1S/C7H6BrN7O3S/c8-6-11-7(15(17)18)13-14(6)1-3-2-19-5(10-3)4(16)12-9/h2H,1,9H2,(H,12,16). The normalized spacial score (nSPS) is 10.4. The van der Waals surface area contributed by atoms with E-state index < -0.39 is 16.8 Å². The maximum Gasteiger partial charge on any atom is 0.492 e. The van der Waals surface area contributed by atoms with Crippen LogP contribution in [0.3, 0.4) is 0 Å².